The number of amides is 1. The lowest BCUT2D eigenvalue weighted by atomic mass is 9.99. The molecule has 0 aliphatic carbocycles. The molecular weight excluding hydrogens is 350 g/mol. The zero-order valence-electron chi connectivity index (χ0n) is 14.8. The van der Waals surface area contributed by atoms with Gasteiger partial charge in [0.1, 0.15) is 17.6 Å². The van der Waals surface area contributed by atoms with E-state index in [-0.39, 0.29) is 18.1 Å². The van der Waals surface area contributed by atoms with E-state index < -0.39 is 17.7 Å². The minimum absolute atomic E-state index is 0.0184. The van der Waals surface area contributed by atoms with Gasteiger partial charge in [-0.25, -0.2) is 0 Å². The molecule has 1 fully saturated rings. The molecular formula is C20H19NO6. The number of unbranched alkanes of at least 4 members (excludes halogenated alkanes) is 1. The number of hydrogen-bond acceptors (Lipinski definition) is 6. The maximum absolute atomic E-state index is 12.7. The molecule has 2 aromatic rings. The molecule has 0 radical (unpaired) electrons. The van der Waals surface area contributed by atoms with Crippen molar-refractivity contribution >= 4 is 17.4 Å². The Morgan fingerprint density at radius 1 is 1.22 bits per heavy atom. The molecule has 2 aliphatic rings. The van der Waals surface area contributed by atoms with Gasteiger partial charge in [0.15, 0.2) is 11.5 Å². The molecule has 1 aromatic heterocycles. The Morgan fingerprint density at radius 2 is 2.04 bits per heavy atom. The molecule has 4 rings (SSSR count). The van der Waals surface area contributed by atoms with Crippen LogP contribution in [0, 0.1) is 0 Å². The summed E-state index contributed by atoms with van der Waals surface area (Å²) >= 11 is 0. The first-order valence-corrected chi connectivity index (χ1v) is 8.83. The van der Waals surface area contributed by atoms with E-state index in [9.17, 15) is 14.7 Å². The molecule has 1 amide bonds. The third kappa shape index (κ3) is 2.85. The number of ether oxygens (including phenoxy) is 2. The molecule has 3 heterocycles. The number of nitrogens with zero attached hydrogens (tertiary/aromatic N) is 1. The number of carbonyl (C=O) groups is 2. The number of carbonyl (C=O) groups excluding carboxylic acids is 2. The lowest BCUT2D eigenvalue weighted by Crippen LogP contribution is -2.30. The average Bonchev–Trinajstić information content (AvgIpc) is 3.40. The summed E-state index contributed by atoms with van der Waals surface area (Å²) in [7, 11) is 0. The number of furan rings is 1. The Bertz CT molecular complexity index is 915. The van der Waals surface area contributed by atoms with Gasteiger partial charge in [0.25, 0.3) is 11.7 Å². The minimum Gasteiger partial charge on any atom is -0.507 e. The fourth-order valence-corrected chi connectivity index (χ4v) is 3.38. The molecule has 140 valence electrons. The summed E-state index contributed by atoms with van der Waals surface area (Å²) in [4.78, 5) is 26.8. The fourth-order valence-electron chi connectivity index (χ4n) is 3.38. The molecule has 1 saturated heterocycles. The molecule has 1 aromatic carbocycles. The number of aliphatic hydroxyl groups is 1. The van der Waals surface area contributed by atoms with Crippen LogP contribution < -0.4 is 9.47 Å². The van der Waals surface area contributed by atoms with Gasteiger partial charge in [0.2, 0.25) is 6.79 Å². The first kappa shape index (κ1) is 17.2. The number of likely N-dealkylation sites (tertiary alicyclic amines) is 1. The van der Waals surface area contributed by atoms with Gasteiger partial charge >= 0.3 is 0 Å². The Balaban J connectivity index is 1.81. The van der Waals surface area contributed by atoms with Gasteiger partial charge in [-0.1, -0.05) is 13.3 Å². The van der Waals surface area contributed by atoms with Crippen LogP contribution in [-0.2, 0) is 9.59 Å². The summed E-state index contributed by atoms with van der Waals surface area (Å²) in [5.74, 6) is -0.124. The second kappa shape index (κ2) is 6.83. The van der Waals surface area contributed by atoms with E-state index in [1.165, 1.54) is 11.2 Å². The van der Waals surface area contributed by atoms with Gasteiger partial charge in [-0.05, 0) is 36.8 Å². The average molecular weight is 369 g/mol. The van der Waals surface area contributed by atoms with Gasteiger partial charge in [0.05, 0.1) is 11.8 Å². The number of ketones is 1. The summed E-state index contributed by atoms with van der Waals surface area (Å²) < 4.78 is 16.1. The van der Waals surface area contributed by atoms with E-state index in [1.807, 2.05) is 6.92 Å². The first-order chi connectivity index (χ1) is 13.1. The molecule has 27 heavy (non-hydrogen) atoms. The normalized spacial score (nSPS) is 20.5. The van der Waals surface area contributed by atoms with E-state index in [0.29, 0.717) is 29.4 Å². The SMILES string of the molecule is CCCCN1C(=O)C(=O)/C(=C(\O)c2ccc3c(c2)OCO3)C1c1ccco1. The van der Waals surface area contributed by atoms with Gasteiger partial charge < -0.3 is 23.9 Å². The number of Topliss-reactive ketones (excluding diaryl/α,β-unsaturated/α-hetero) is 1. The van der Waals surface area contributed by atoms with Gasteiger partial charge in [0, 0.05) is 12.1 Å². The van der Waals surface area contributed by atoms with Crippen molar-refractivity contribution in [2.24, 2.45) is 0 Å². The van der Waals surface area contributed by atoms with Crippen LogP contribution in [0.4, 0.5) is 0 Å². The molecule has 2 aliphatic heterocycles. The summed E-state index contributed by atoms with van der Waals surface area (Å²) in [5, 5.41) is 10.9. The molecule has 1 N–H and O–H groups in total. The van der Waals surface area contributed by atoms with E-state index in [1.54, 1.807) is 30.3 Å². The lowest BCUT2D eigenvalue weighted by molar-refractivity contribution is -0.140. The number of fused-ring (bicyclic) bond motifs is 1. The topological polar surface area (TPSA) is 89.2 Å². The van der Waals surface area contributed by atoms with E-state index in [0.717, 1.165) is 12.8 Å². The molecule has 1 unspecified atom stereocenters. The van der Waals surface area contributed by atoms with Crippen LogP contribution in [0.3, 0.4) is 0 Å². The summed E-state index contributed by atoms with van der Waals surface area (Å²) in [6.45, 7) is 2.52. The van der Waals surface area contributed by atoms with Crippen LogP contribution >= 0.6 is 0 Å². The van der Waals surface area contributed by atoms with Crippen molar-refractivity contribution < 1.29 is 28.6 Å². The number of benzene rings is 1. The Kier molecular flexibility index (Phi) is 4.35. The van der Waals surface area contributed by atoms with E-state index in [2.05, 4.69) is 0 Å². The third-order valence-electron chi connectivity index (χ3n) is 4.75. The number of aliphatic hydroxyl groups excluding tert-OH is 1. The first-order valence-electron chi connectivity index (χ1n) is 8.83. The van der Waals surface area contributed by atoms with Crippen LogP contribution in [0.2, 0.25) is 0 Å². The van der Waals surface area contributed by atoms with Crippen molar-refractivity contribution in [3.63, 3.8) is 0 Å². The van der Waals surface area contributed by atoms with Crippen molar-refractivity contribution in [3.05, 3.63) is 53.5 Å². The predicted octanol–water partition coefficient (Wildman–Crippen LogP) is 3.23. The van der Waals surface area contributed by atoms with Crippen molar-refractivity contribution in [2.45, 2.75) is 25.8 Å². The maximum atomic E-state index is 12.7. The van der Waals surface area contributed by atoms with E-state index >= 15 is 0 Å². The molecule has 1 atom stereocenters. The number of hydrogen-bond donors (Lipinski definition) is 1. The second-order valence-electron chi connectivity index (χ2n) is 6.43. The van der Waals surface area contributed by atoms with Gasteiger partial charge in [-0.15, -0.1) is 0 Å². The van der Waals surface area contributed by atoms with E-state index in [4.69, 9.17) is 13.9 Å². The second-order valence-corrected chi connectivity index (χ2v) is 6.43. The van der Waals surface area contributed by atoms with Crippen molar-refractivity contribution in [2.75, 3.05) is 13.3 Å². The van der Waals surface area contributed by atoms with Gasteiger partial charge in [-0.3, -0.25) is 9.59 Å². The predicted molar refractivity (Wildman–Crippen MR) is 95.2 cm³/mol. The van der Waals surface area contributed by atoms with Crippen LogP contribution in [0.1, 0.15) is 37.1 Å². The highest BCUT2D eigenvalue weighted by molar-refractivity contribution is 6.46. The Morgan fingerprint density at radius 3 is 2.78 bits per heavy atom. The smallest absolute Gasteiger partial charge is 0.295 e. The molecule has 7 nitrogen and oxygen atoms in total. The summed E-state index contributed by atoms with van der Waals surface area (Å²) in [6, 6.07) is 7.51. The monoisotopic (exact) mass is 369 g/mol. The Hall–Kier alpha value is -3.22. The fraction of sp³-hybridized carbons (Fsp3) is 0.300. The highest BCUT2D eigenvalue weighted by Gasteiger charge is 2.47. The quantitative estimate of drug-likeness (QED) is 0.494. The van der Waals surface area contributed by atoms with Crippen LogP contribution in [-0.4, -0.2) is 35.0 Å². The molecule has 0 spiro atoms. The van der Waals surface area contributed by atoms with Gasteiger partial charge in [-0.2, -0.15) is 0 Å². The van der Waals surface area contributed by atoms with Crippen LogP contribution in [0.25, 0.3) is 5.76 Å². The zero-order chi connectivity index (χ0) is 19.0. The zero-order valence-corrected chi connectivity index (χ0v) is 14.8. The molecule has 0 bridgehead atoms. The van der Waals surface area contributed by atoms with Crippen LogP contribution in [0.15, 0.2) is 46.6 Å². The minimum atomic E-state index is -0.753. The molecule has 0 saturated carbocycles. The number of rotatable bonds is 5. The summed E-state index contributed by atoms with van der Waals surface area (Å²) in [5.41, 5.74) is 0.397. The van der Waals surface area contributed by atoms with Crippen molar-refractivity contribution in [3.8, 4) is 11.5 Å². The van der Waals surface area contributed by atoms with Crippen LogP contribution in [0.5, 0.6) is 11.5 Å². The highest BCUT2D eigenvalue weighted by atomic mass is 16.7. The maximum Gasteiger partial charge on any atom is 0.295 e. The van der Waals surface area contributed by atoms with Crippen molar-refractivity contribution in [1.82, 2.24) is 4.90 Å². The summed E-state index contributed by atoms with van der Waals surface area (Å²) in [6.07, 6.45) is 3.10. The highest BCUT2D eigenvalue weighted by Crippen LogP contribution is 2.41. The third-order valence-corrected chi connectivity index (χ3v) is 4.75. The Labute approximate surface area is 155 Å². The van der Waals surface area contributed by atoms with Crippen molar-refractivity contribution in [1.29, 1.82) is 0 Å². The lowest BCUT2D eigenvalue weighted by Gasteiger charge is -2.23. The largest absolute Gasteiger partial charge is 0.507 e. The standard InChI is InChI=1S/C20H19NO6/c1-2-3-8-21-17(14-5-4-9-25-14)16(19(23)20(21)24)18(22)12-6-7-13-15(10-12)27-11-26-13/h4-7,9-10,17,22H,2-3,8,11H2,1H3/b18-16-. The molecule has 7 heteroatoms.